The maximum Gasteiger partial charge on any atom is 0.257 e. The van der Waals surface area contributed by atoms with Gasteiger partial charge in [0.25, 0.3) is 5.91 Å². The van der Waals surface area contributed by atoms with Crippen molar-refractivity contribution in [1.82, 2.24) is 9.97 Å². The lowest BCUT2D eigenvalue weighted by atomic mass is 10.0. The monoisotopic (exact) mass is 508 g/mol. The quantitative estimate of drug-likeness (QED) is 0.431. The van der Waals surface area contributed by atoms with Crippen molar-refractivity contribution in [3.8, 4) is 11.3 Å². The summed E-state index contributed by atoms with van der Waals surface area (Å²) in [6.07, 6.45) is 3.45. The number of anilines is 2. The first-order chi connectivity index (χ1) is 16.8. The molecule has 4 aromatic rings. The molecule has 0 radical (unpaired) electrons. The molecule has 1 fully saturated rings. The second kappa shape index (κ2) is 9.26. The minimum absolute atomic E-state index is 0.0892. The second-order valence-electron chi connectivity index (χ2n) is 8.08. The van der Waals surface area contributed by atoms with Gasteiger partial charge in [-0.25, -0.2) is 12.7 Å². The number of halogens is 1. The molecule has 3 heterocycles. The van der Waals surface area contributed by atoms with Crippen molar-refractivity contribution in [1.29, 1.82) is 0 Å². The smallest absolute Gasteiger partial charge is 0.257 e. The van der Waals surface area contributed by atoms with E-state index in [1.807, 2.05) is 37.3 Å². The molecule has 178 valence electrons. The van der Waals surface area contributed by atoms with Gasteiger partial charge < -0.3 is 10.1 Å². The van der Waals surface area contributed by atoms with E-state index in [4.69, 9.17) is 16.3 Å². The zero-order chi connectivity index (χ0) is 24.6. The number of hydrogen-bond acceptors (Lipinski definition) is 6. The van der Waals surface area contributed by atoms with Gasteiger partial charge in [-0.05, 0) is 61.0 Å². The Labute approximate surface area is 207 Å². The van der Waals surface area contributed by atoms with Gasteiger partial charge in [-0.15, -0.1) is 0 Å². The number of benzene rings is 2. The number of fused-ring (bicyclic) bond motifs is 1. The summed E-state index contributed by atoms with van der Waals surface area (Å²) in [5.41, 5.74) is 4.62. The molecular formula is C25H21ClN4O4S. The van der Waals surface area contributed by atoms with Gasteiger partial charge >= 0.3 is 0 Å². The Bertz CT molecular complexity index is 1550. The molecule has 5 rings (SSSR count). The summed E-state index contributed by atoms with van der Waals surface area (Å²) in [7, 11) is -3.49. The average Bonchev–Trinajstić information content (AvgIpc) is 2.84. The Morgan fingerprint density at radius 1 is 1.09 bits per heavy atom. The number of aromatic nitrogens is 2. The predicted molar refractivity (Wildman–Crippen MR) is 136 cm³/mol. The number of pyridine rings is 2. The molecule has 0 bridgehead atoms. The third-order valence-corrected chi connectivity index (χ3v) is 7.78. The molecule has 0 aliphatic carbocycles. The number of carbonyl (C=O) groups is 1. The van der Waals surface area contributed by atoms with Crippen LogP contribution in [0.1, 0.15) is 15.9 Å². The Kier molecular flexibility index (Phi) is 6.14. The molecule has 10 heteroatoms. The van der Waals surface area contributed by atoms with Crippen LogP contribution in [0, 0.1) is 6.92 Å². The van der Waals surface area contributed by atoms with Gasteiger partial charge in [0.05, 0.1) is 39.8 Å². The lowest BCUT2D eigenvalue weighted by Crippen LogP contribution is -2.41. The highest BCUT2D eigenvalue weighted by molar-refractivity contribution is 7.92. The van der Waals surface area contributed by atoms with Crippen LogP contribution >= 0.6 is 11.6 Å². The van der Waals surface area contributed by atoms with Crippen LogP contribution in [-0.4, -0.2) is 43.4 Å². The van der Waals surface area contributed by atoms with Crippen LogP contribution in [-0.2, 0) is 14.8 Å². The van der Waals surface area contributed by atoms with E-state index in [0.717, 1.165) is 32.0 Å². The van der Waals surface area contributed by atoms with Crippen molar-refractivity contribution in [2.75, 3.05) is 28.7 Å². The molecule has 1 aliphatic rings. The minimum atomic E-state index is -3.49. The molecule has 2 aromatic heterocycles. The number of amides is 1. The van der Waals surface area contributed by atoms with E-state index in [0.29, 0.717) is 11.4 Å². The number of ether oxygens (including phenoxy) is 1. The summed E-state index contributed by atoms with van der Waals surface area (Å²) in [4.78, 5) is 22.0. The maximum absolute atomic E-state index is 13.0. The van der Waals surface area contributed by atoms with E-state index in [9.17, 15) is 13.2 Å². The molecule has 0 atom stereocenters. The van der Waals surface area contributed by atoms with Gasteiger partial charge in [0.2, 0.25) is 10.0 Å². The van der Waals surface area contributed by atoms with Gasteiger partial charge in [-0.3, -0.25) is 14.8 Å². The summed E-state index contributed by atoms with van der Waals surface area (Å²) >= 11 is 6.38. The van der Waals surface area contributed by atoms with Crippen LogP contribution in [0.4, 0.5) is 11.4 Å². The number of nitrogens with one attached hydrogen (secondary N) is 1. The van der Waals surface area contributed by atoms with Crippen LogP contribution in [0.2, 0.25) is 5.02 Å². The Balaban J connectivity index is 1.43. The first-order valence-corrected chi connectivity index (χ1v) is 12.8. The highest BCUT2D eigenvalue weighted by atomic mass is 35.5. The summed E-state index contributed by atoms with van der Waals surface area (Å²) in [6, 6.07) is 15.8. The van der Waals surface area contributed by atoms with Crippen LogP contribution < -0.4 is 9.62 Å². The summed E-state index contributed by atoms with van der Waals surface area (Å²) < 4.78 is 31.1. The summed E-state index contributed by atoms with van der Waals surface area (Å²) in [6.45, 7) is 2.04. The fraction of sp³-hybridized carbons (Fsp3) is 0.160. The van der Waals surface area contributed by atoms with Crippen molar-refractivity contribution >= 4 is 49.8 Å². The van der Waals surface area contributed by atoms with Crippen molar-refractivity contribution < 1.29 is 17.9 Å². The first kappa shape index (κ1) is 23.2. The number of carbonyl (C=O) groups excluding carboxylic acids is 1. The van der Waals surface area contributed by atoms with E-state index >= 15 is 0 Å². The third-order valence-electron chi connectivity index (χ3n) is 5.80. The van der Waals surface area contributed by atoms with Gasteiger partial charge in [-0.2, -0.15) is 0 Å². The van der Waals surface area contributed by atoms with Crippen molar-refractivity contribution in [3.05, 3.63) is 83.1 Å². The molecule has 35 heavy (non-hydrogen) atoms. The standard InChI is InChI=1S/C25H21ClN4O4S/c1-16-4-5-17(13-21(16)24-20-3-2-9-27-23(20)8-10-28-24)29-25(31)19-7-6-18(14-22(19)26)30-15-34-11-12-35(30,32)33/h2-10,13-14H,11-12,15H2,1H3,(H,29,31). The van der Waals surface area contributed by atoms with Crippen molar-refractivity contribution in [2.45, 2.75) is 6.92 Å². The first-order valence-electron chi connectivity index (χ1n) is 10.8. The maximum atomic E-state index is 13.0. The Hall–Kier alpha value is -3.53. The fourth-order valence-electron chi connectivity index (χ4n) is 3.95. The summed E-state index contributed by atoms with van der Waals surface area (Å²) in [5.74, 6) is -0.522. The van der Waals surface area contributed by atoms with E-state index < -0.39 is 15.9 Å². The van der Waals surface area contributed by atoms with Gasteiger partial charge in [0.15, 0.2) is 0 Å². The second-order valence-corrected chi connectivity index (χ2v) is 10.5. The normalized spacial score (nSPS) is 15.2. The molecule has 2 aromatic carbocycles. The van der Waals surface area contributed by atoms with Crippen LogP contribution in [0.15, 0.2) is 67.0 Å². The van der Waals surface area contributed by atoms with E-state index in [2.05, 4.69) is 15.3 Å². The minimum Gasteiger partial charge on any atom is -0.359 e. The van der Waals surface area contributed by atoms with E-state index in [1.165, 1.54) is 12.1 Å². The summed E-state index contributed by atoms with van der Waals surface area (Å²) in [5, 5.41) is 3.92. The molecule has 1 amide bonds. The lowest BCUT2D eigenvalue weighted by molar-refractivity contribution is 0.102. The number of sulfonamides is 1. The Morgan fingerprint density at radius 3 is 2.74 bits per heavy atom. The fourth-order valence-corrected chi connectivity index (χ4v) is 5.43. The molecular weight excluding hydrogens is 488 g/mol. The van der Waals surface area contributed by atoms with Crippen LogP contribution in [0.25, 0.3) is 22.2 Å². The zero-order valence-corrected chi connectivity index (χ0v) is 20.3. The number of aryl methyl sites for hydroxylation is 1. The molecule has 0 unspecified atom stereocenters. The van der Waals surface area contributed by atoms with Gasteiger partial charge in [0.1, 0.15) is 6.73 Å². The third kappa shape index (κ3) is 4.58. The number of nitrogens with zero attached hydrogens (tertiary/aromatic N) is 3. The van der Waals surface area contributed by atoms with Crippen molar-refractivity contribution in [3.63, 3.8) is 0 Å². The predicted octanol–water partition coefficient (Wildman–Crippen LogP) is 4.63. The molecule has 1 N–H and O–H groups in total. The van der Waals surface area contributed by atoms with Gasteiger partial charge in [-0.1, -0.05) is 17.7 Å². The number of hydrogen-bond donors (Lipinski definition) is 1. The van der Waals surface area contributed by atoms with E-state index in [-0.39, 0.29) is 29.7 Å². The largest absolute Gasteiger partial charge is 0.359 e. The molecule has 8 nitrogen and oxygen atoms in total. The highest BCUT2D eigenvalue weighted by Crippen LogP contribution is 2.31. The van der Waals surface area contributed by atoms with Crippen LogP contribution in [0.5, 0.6) is 0 Å². The molecule has 0 spiro atoms. The van der Waals surface area contributed by atoms with Crippen LogP contribution in [0.3, 0.4) is 0 Å². The molecule has 0 saturated carbocycles. The lowest BCUT2D eigenvalue weighted by Gasteiger charge is -2.28. The highest BCUT2D eigenvalue weighted by Gasteiger charge is 2.27. The number of rotatable bonds is 4. The molecule has 1 aliphatic heterocycles. The van der Waals surface area contributed by atoms with Crippen molar-refractivity contribution in [2.24, 2.45) is 0 Å². The average molecular weight is 509 g/mol. The van der Waals surface area contributed by atoms with E-state index in [1.54, 1.807) is 24.5 Å². The zero-order valence-electron chi connectivity index (χ0n) is 18.7. The topological polar surface area (TPSA) is 101 Å². The SMILES string of the molecule is Cc1ccc(NC(=O)c2ccc(N3COCCS3(=O)=O)cc2Cl)cc1-c1nccc2ncccc12. The Morgan fingerprint density at radius 2 is 1.94 bits per heavy atom. The molecule has 1 saturated heterocycles. The van der Waals surface area contributed by atoms with Gasteiger partial charge in [0, 0.05) is 29.0 Å².